The first-order valence-electron chi connectivity index (χ1n) is 9.51. The second-order valence-corrected chi connectivity index (χ2v) is 7.78. The number of ether oxygens (including phenoxy) is 3. The first-order valence-corrected chi connectivity index (χ1v) is 9.51. The molecule has 1 fully saturated rings. The van der Waals surface area contributed by atoms with Crippen molar-refractivity contribution in [3.8, 4) is 11.5 Å². The molecule has 9 heteroatoms. The molecule has 1 N–H and O–H groups in total. The quantitative estimate of drug-likeness (QED) is 0.766. The van der Waals surface area contributed by atoms with Gasteiger partial charge in [0.25, 0.3) is 5.91 Å². The molecule has 0 bridgehead atoms. The number of carbonyl (C=O) groups is 2. The van der Waals surface area contributed by atoms with Crippen LogP contribution in [0.2, 0.25) is 0 Å². The predicted octanol–water partition coefficient (Wildman–Crippen LogP) is 3.82. The molecule has 1 aliphatic rings. The van der Waals surface area contributed by atoms with E-state index in [9.17, 15) is 18.4 Å². The number of benzene rings is 1. The molecule has 1 saturated heterocycles. The van der Waals surface area contributed by atoms with E-state index in [-0.39, 0.29) is 30.0 Å². The number of nitrogens with zero attached hydrogens (tertiary/aromatic N) is 1. The summed E-state index contributed by atoms with van der Waals surface area (Å²) in [4.78, 5) is 26.6. The van der Waals surface area contributed by atoms with Gasteiger partial charge >= 0.3 is 12.7 Å². The SMILES string of the molecule is COc1cc(C(=O)N2CCCCC2CNC(=O)OC(C)(C)C)ccc1OC(F)F. The lowest BCUT2D eigenvalue weighted by Crippen LogP contribution is -2.50. The molecule has 1 atom stereocenters. The van der Waals surface area contributed by atoms with Crippen molar-refractivity contribution in [2.24, 2.45) is 0 Å². The van der Waals surface area contributed by atoms with Gasteiger partial charge in [-0.25, -0.2) is 4.79 Å². The lowest BCUT2D eigenvalue weighted by molar-refractivity contribution is -0.0512. The van der Waals surface area contributed by atoms with Crippen LogP contribution in [0.25, 0.3) is 0 Å². The van der Waals surface area contributed by atoms with Crippen molar-refractivity contribution in [1.29, 1.82) is 0 Å². The summed E-state index contributed by atoms with van der Waals surface area (Å²) in [6, 6.07) is 3.91. The Balaban J connectivity index is 2.09. The first kappa shape index (κ1) is 22.7. The number of alkyl halides is 2. The van der Waals surface area contributed by atoms with Gasteiger partial charge in [0.2, 0.25) is 0 Å². The second-order valence-electron chi connectivity index (χ2n) is 7.78. The average Bonchev–Trinajstić information content (AvgIpc) is 2.64. The molecule has 162 valence electrons. The second kappa shape index (κ2) is 9.76. The fraction of sp³-hybridized carbons (Fsp3) is 0.600. The zero-order valence-corrected chi connectivity index (χ0v) is 17.2. The minimum Gasteiger partial charge on any atom is -0.493 e. The molecule has 0 saturated carbocycles. The van der Waals surface area contributed by atoms with Gasteiger partial charge in [0.1, 0.15) is 5.60 Å². The van der Waals surface area contributed by atoms with Crippen LogP contribution in [0.1, 0.15) is 50.4 Å². The number of carbonyl (C=O) groups excluding carboxylic acids is 2. The largest absolute Gasteiger partial charge is 0.493 e. The molecule has 1 heterocycles. The van der Waals surface area contributed by atoms with Gasteiger partial charge in [-0.2, -0.15) is 8.78 Å². The molecule has 2 rings (SSSR count). The number of likely N-dealkylation sites (tertiary alicyclic amines) is 1. The Labute approximate surface area is 169 Å². The maximum atomic E-state index is 13.0. The van der Waals surface area contributed by atoms with Crippen molar-refractivity contribution < 1.29 is 32.6 Å². The van der Waals surface area contributed by atoms with Crippen LogP contribution in [0.4, 0.5) is 13.6 Å². The van der Waals surface area contributed by atoms with Crippen LogP contribution >= 0.6 is 0 Å². The standard InChI is InChI=1S/C20H28F2N2O5/c1-20(2,3)29-19(26)23-12-14-7-5-6-10-24(14)17(25)13-8-9-15(28-18(21)22)16(11-13)27-4/h8-9,11,14,18H,5-7,10,12H2,1-4H3,(H,23,26). The van der Waals surface area contributed by atoms with Gasteiger partial charge in [-0.3, -0.25) is 4.79 Å². The van der Waals surface area contributed by atoms with E-state index < -0.39 is 18.3 Å². The summed E-state index contributed by atoms with van der Waals surface area (Å²) >= 11 is 0. The Bertz CT molecular complexity index is 721. The summed E-state index contributed by atoms with van der Waals surface area (Å²) in [6.45, 7) is 3.14. The van der Waals surface area contributed by atoms with Crippen LogP contribution in [0.5, 0.6) is 11.5 Å². The van der Waals surface area contributed by atoms with E-state index in [4.69, 9.17) is 9.47 Å². The van der Waals surface area contributed by atoms with E-state index in [1.54, 1.807) is 25.7 Å². The van der Waals surface area contributed by atoms with Crippen LogP contribution < -0.4 is 14.8 Å². The van der Waals surface area contributed by atoms with Gasteiger partial charge in [-0.15, -0.1) is 0 Å². The highest BCUT2D eigenvalue weighted by atomic mass is 19.3. The third kappa shape index (κ3) is 6.76. The molecule has 1 aromatic rings. The molecular weight excluding hydrogens is 386 g/mol. The molecule has 0 spiro atoms. The summed E-state index contributed by atoms with van der Waals surface area (Å²) in [5, 5.41) is 2.72. The van der Waals surface area contributed by atoms with Gasteiger partial charge in [0, 0.05) is 24.7 Å². The zero-order valence-electron chi connectivity index (χ0n) is 17.2. The number of nitrogens with one attached hydrogen (secondary N) is 1. The molecule has 7 nitrogen and oxygen atoms in total. The normalized spacial score (nSPS) is 17.1. The summed E-state index contributed by atoms with van der Waals surface area (Å²) in [6.07, 6.45) is 1.99. The fourth-order valence-electron chi connectivity index (χ4n) is 3.16. The van der Waals surface area contributed by atoms with Gasteiger partial charge in [0.15, 0.2) is 11.5 Å². The lowest BCUT2D eigenvalue weighted by atomic mass is 10.0. The van der Waals surface area contributed by atoms with E-state index in [0.717, 1.165) is 19.3 Å². The van der Waals surface area contributed by atoms with E-state index in [0.29, 0.717) is 12.1 Å². The van der Waals surface area contributed by atoms with E-state index >= 15 is 0 Å². The summed E-state index contributed by atoms with van der Waals surface area (Å²) < 4.78 is 39.7. The zero-order chi connectivity index (χ0) is 21.6. The number of hydrogen-bond acceptors (Lipinski definition) is 5. The van der Waals surface area contributed by atoms with Crippen molar-refractivity contribution in [3.05, 3.63) is 23.8 Å². The lowest BCUT2D eigenvalue weighted by Gasteiger charge is -2.36. The molecule has 0 aromatic heterocycles. The van der Waals surface area contributed by atoms with Gasteiger partial charge in [-0.1, -0.05) is 0 Å². The highest BCUT2D eigenvalue weighted by Crippen LogP contribution is 2.30. The molecule has 2 amide bonds. The Morgan fingerprint density at radius 3 is 2.59 bits per heavy atom. The molecule has 1 aromatic carbocycles. The van der Waals surface area contributed by atoms with Crippen molar-refractivity contribution >= 4 is 12.0 Å². The first-order chi connectivity index (χ1) is 13.6. The number of piperidine rings is 1. The van der Waals surface area contributed by atoms with Crippen LogP contribution in [-0.2, 0) is 4.74 Å². The monoisotopic (exact) mass is 414 g/mol. The average molecular weight is 414 g/mol. The minimum absolute atomic E-state index is 0.0524. The minimum atomic E-state index is -2.99. The number of halogens is 2. The summed E-state index contributed by atoms with van der Waals surface area (Å²) in [7, 11) is 1.32. The van der Waals surface area contributed by atoms with Gasteiger partial charge in [-0.05, 0) is 58.2 Å². The summed E-state index contributed by atoms with van der Waals surface area (Å²) in [5.41, 5.74) is -0.308. The number of rotatable bonds is 6. The molecule has 0 radical (unpaired) electrons. The van der Waals surface area contributed by atoms with Crippen LogP contribution in [0.3, 0.4) is 0 Å². The number of amides is 2. The van der Waals surface area contributed by atoms with Crippen LogP contribution in [-0.4, -0.2) is 55.4 Å². The third-order valence-corrected chi connectivity index (χ3v) is 4.40. The molecular formula is C20H28F2N2O5. The number of alkyl carbamates (subject to hydrolysis) is 1. The summed E-state index contributed by atoms with van der Waals surface area (Å²) in [5.74, 6) is -0.347. The molecule has 0 aliphatic carbocycles. The van der Waals surface area contributed by atoms with Crippen molar-refractivity contribution in [1.82, 2.24) is 10.2 Å². The Morgan fingerprint density at radius 1 is 1.24 bits per heavy atom. The fourth-order valence-corrected chi connectivity index (χ4v) is 3.16. The van der Waals surface area contributed by atoms with E-state index in [1.807, 2.05) is 0 Å². The van der Waals surface area contributed by atoms with Crippen molar-refractivity contribution in [2.75, 3.05) is 20.2 Å². The maximum Gasteiger partial charge on any atom is 0.407 e. The molecule has 29 heavy (non-hydrogen) atoms. The van der Waals surface area contributed by atoms with Gasteiger partial charge in [0.05, 0.1) is 7.11 Å². The van der Waals surface area contributed by atoms with Crippen molar-refractivity contribution in [3.63, 3.8) is 0 Å². The van der Waals surface area contributed by atoms with Crippen LogP contribution in [0, 0.1) is 0 Å². The van der Waals surface area contributed by atoms with Crippen LogP contribution in [0.15, 0.2) is 18.2 Å². The Hall–Kier alpha value is -2.58. The molecule has 1 aliphatic heterocycles. The van der Waals surface area contributed by atoms with E-state index in [2.05, 4.69) is 10.1 Å². The highest BCUT2D eigenvalue weighted by Gasteiger charge is 2.29. The third-order valence-electron chi connectivity index (χ3n) is 4.40. The number of methoxy groups -OCH3 is 1. The van der Waals surface area contributed by atoms with E-state index in [1.165, 1.54) is 25.3 Å². The topological polar surface area (TPSA) is 77.1 Å². The predicted molar refractivity (Wildman–Crippen MR) is 103 cm³/mol. The smallest absolute Gasteiger partial charge is 0.407 e. The highest BCUT2D eigenvalue weighted by molar-refractivity contribution is 5.95. The van der Waals surface area contributed by atoms with Crippen molar-refractivity contribution in [2.45, 2.75) is 58.3 Å². The molecule has 1 unspecified atom stereocenters. The maximum absolute atomic E-state index is 13.0. The Kier molecular flexibility index (Phi) is 7.64. The number of hydrogen-bond donors (Lipinski definition) is 1. The Morgan fingerprint density at radius 2 is 1.97 bits per heavy atom. The van der Waals surface area contributed by atoms with Gasteiger partial charge < -0.3 is 24.4 Å².